The molecule has 0 amide bonds. The Morgan fingerprint density at radius 3 is 2.46 bits per heavy atom. The number of ether oxygens (including phenoxy) is 2. The zero-order chi connectivity index (χ0) is 9.68. The average molecular weight is 183 g/mol. The van der Waals surface area contributed by atoms with E-state index in [1.165, 1.54) is 0 Å². The van der Waals surface area contributed by atoms with E-state index in [2.05, 4.69) is 18.7 Å². The maximum absolute atomic E-state index is 7.01. The minimum absolute atomic E-state index is 0.0528. The number of hydrogen-bond acceptors (Lipinski definition) is 2. The standard InChI is InChI=1S/C10H17NO2/c1-8(2)9(11-3)4-5-10-12-6-7-13-10/h8-10H,4-7H2,1-2H3. The second-order valence-corrected chi connectivity index (χ2v) is 3.69. The molecule has 0 N–H and O–H groups in total. The van der Waals surface area contributed by atoms with Gasteiger partial charge in [-0.05, 0) is 0 Å². The largest absolute Gasteiger partial charge is 0.350 e. The van der Waals surface area contributed by atoms with Gasteiger partial charge in [0, 0.05) is 18.8 Å². The Morgan fingerprint density at radius 2 is 2.00 bits per heavy atom. The van der Waals surface area contributed by atoms with Gasteiger partial charge in [0.05, 0.1) is 13.2 Å². The van der Waals surface area contributed by atoms with Crippen LogP contribution >= 0.6 is 0 Å². The molecule has 1 fully saturated rings. The average Bonchev–Trinajstić information content (AvgIpc) is 2.57. The van der Waals surface area contributed by atoms with Gasteiger partial charge in [0.1, 0.15) is 0 Å². The molecule has 0 aromatic rings. The van der Waals surface area contributed by atoms with Gasteiger partial charge >= 0.3 is 0 Å². The van der Waals surface area contributed by atoms with E-state index in [1.54, 1.807) is 0 Å². The van der Waals surface area contributed by atoms with Gasteiger partial charge in [-0.3, -0.25) is 0 Å². The van der Waals surface area contributed by atoms with Crippen molar-refractivity contribution in [3.05, 3.63) is 11.4 Å². The molecule has 0 spiro atoms. The lowest BCUT2D eigenvalue weighted by atomic mass is 10.0. The predicted octanol–water partition coefficient (Wildman–Crippen LogP) is 2.08. The summed E-state index contributed by atoms with van der Waals surface area (Å²) in [4.78, 5) is 3.59. The van der Waals surface area contributed by atoms with Crippen LogP contribution in [0.3, 0.4) is 0 Å². The van der Waals surface area contributed by atoms with Crippen LogP contribution in [0.2, 0.25) is 0 Å². The minimum atomic E-state index is -0.0528. The summed E-state index contributed by atoms with van der Waals surface area (Å²) < 4.78 is 10.6. The van der Waals surface area contributed by atoms with Crippen molar-refractivity contribution in [2.45, 2.75) is 39.0 Å². The van der Waals surface area contributed by atoms with Crippen molar-refractivity contribution >= 4 is 0 Å². The summed E-state index contributed by atoms with van der Waals surface area (Å²) in [6.07, 6.45) is 1.68. The fraction of sp³-hybridized carbons (Fsp3) is 0.900. The van der Waals surface area contributed by atoms with E-state index in [-0.39, 0.29) is 12.3 Å². The Bertz CT molecular complexity index is 180. The van der Waals surface area contributed by atoms with E-state index in [9.17, 15) is 0 Å². The van der Waals surface area contributed by atoms with Crippen LogP contribution in [0.5, 0.6) is 0 Å². The molecule has 1 aliphatic heterocycles. The van der Waals surface area contributed by atoms with Gasteiger partial charge < -0.3 is 14.3 Å². The van der Waals surface area contributed by atoms with Crippen molar-refractivity contribution in [1.82, 2.24) is 0 Å². The molecule has 1 aliphatic rings. The summed E-state index contributed by atoms with van der Waals surface area (Å²) in [7, 11) is 0. The Hall–Kier alpha value is -0.590. The molecule has 0 bridgehead atoms. The molecule has 0 aliphatic carbocycles. The molecule has 3 nitrogen and oxygen atoms in total. The minimum Gasteiger partial charge on any atom is -0.350 e. The molecule has 0 saturated carbocycles. The lowest BCUT2D eigenvalue weighted by Gasteiger charge is -2.11. The third kappa shape index (κ3) is 3.33. The zero-order valence-electron chi connectivity index (χ0n) is 8.32. The number of hydrogen-bond donors (Lipinski definition) is 0. The molecule has 0 aromatic heterocycles. The molecule has 0 radical (unpaired) electrons. The molecule has 1 heterocycles. The van der Waals surface area contributed by atoms with Crippen LogP contribution in [0.4, 0.5) is 0 Å². The first-order chi connectivity index (χ1) is 6.24. The van der Waals surface area contributed by atoms with Gasteiger partial charge in [0.25, 0.3) is 0 Å². The van der Waals surface area contributed by atoms with E-state index in [0.717, 1.165) is 12.8 Å². The summed E-state index contributed by atoms with van der Waals surface area (Å²) >= 11 is 0. The molecular formula is C10H17NO2. The van der Waals surface area contributed by atoms with Crippen molar-refractivity contribution in [2.24, 2.45) is 5.92 Å². The van der Waals surface area contributed by atoms with E-state index in [0.29, 0.717) is 19.1 Å². The lowest BCUT2D eigenvalue weighted by Crippen LogP contribution is -2.15. The summed E-state index contributed by atoms with van der Waals surface area (Å²) in [5, 5.41) is 0. The molecule has 13 heavy (non-hydrogen) atoms. The van der Waals surface area contributed by atoms with Crippen molar-refractivity contribution < 1.29 is 9.47 Å². The first-order valence-corrected chi connectivity index (χ1v) is 4.84. The maximum atomic E-state index is 7.01. The van der Waals surface area contributed by atoms with Gasteiger partial charge in [-0.25, -0.2) is 6.57 Å². The lowest BCUT2D eigenvalue weighted by molar-refractivity contribution is -0.0486. The van der Waals surface area contributed by atoms with E-state index < -0.39 is 0 Å². The third-order valence-corrected chi connectivity index (χ3v) is 2.32. The predicted molar refractivity (Wildman–Crippen MR) is 50.2 cm³/mol. The molecule has 1 unspecified atom stereocenters. The van der Waals surface area contributed by atoms with Gasteiger partial charge in [-0.2, -0.15) is 0 Å². The smallest absolute Gasteiger partial charge is 0.226 e. The summed E-state index contributed by atoms with van der Waals surface area (Å²) in [5.74, 6) is 0.430. The van der Waals surface area contributed by atoms with Gasteiger partial charge in [0.15, 0.2) is 6.29 Å². The van der Waals surface area contributed by atoms with Crippen molar-refractivity contribution in [3.63, 3.8) is 0 Å². The summed E-state index contributed by atoms with van der Waals surface area (Å²) in [5.41, 5.74) is 0. The van der Waals surface area contributed by atoms with Crippen LogP contribution in [-0.4, -0.2) is 25.5 Å². The van der Waals surface area contributed by atoms with E-state index >= 15 is 0 Å². The summed E-state index contributed by atoms with van der Waals surface area (Å²) in [6, 6.07) is 0.118. The highest BCUT2D eigenvalue weighted by molar-refractivity contribution is 4.81. The van der Waals surface area contributed by atoms with Crippen LogP contribution in [0.1, 0.15) is 26.7 Å². The first-order valence-electron chi connectivity index (χ1n) is 4.84. The second kappa shape index (κ2) is 5.21. The zero-order valence-corrected chi connectivity index (χ0v) is 8.32. The molecular weight excluding hydrogens is 166 g/mol. The molecule has 1 atom stereocenters. The van der Waals surface area contributed by atoms with E-state index in [1.807, 2.05) is 0 Å². The Kier molecular flexibility index (Phi) is 4.20. The first kappa shape index (κ1) is 10.5. The van der Waals surface area contributed by atoms with Crippen LogP contribution in [0.25, 0.3) is 4.85 Å². The molecule has 1 rings (SSSR count). The highest BCUT2D eigenvalue weighted by Crippen LogP contribution is 2.17. The highest BCUT2D eigenvalue weighted by atomic mass is 16.7. The second-order valence-electron chi connectivity index (χ2n) is 3.69. The maximum Gasteiger partial charge on any atom is 0.226 e. The van der Waals surface area contributed by atoms with Crippen molar-refractivity contribution in [2.75, 3.05) is 13.2 Å². The van der Waals surface area contributed by atoms with Crippen LogP contribution < -0.4 is 0 Å². The van der Waals surface area contributed by atoms with Gasteiger partial charge in [-0.1, -0.05) is 13.8 Å². The van der Waals surface area contributed by atoms with Gasteiger partial charge in [0.2, 0.25) is 6.04 Å². The molecule has 1 saturated heterocycles. The highest BCUT2D eigenvalue weighted by Gasteiger charge is 2.22. The SMILES string of the molecule is [C-]#[N+]C(CCC1OCCO1)C(C)C. The topological polar surface area (TPSA) is 22.8 Å². The third-order valence-electron chi connectivity index (χ3n) is 2.32. The normalized spacial score (nSPS) is 20.5. The van der Waals surface area contributed by atoms with Crippen LogP contribution in [0, 0.1) is 12.5 Å². The Labute approximate surface area is 79.8 Å². The molecule has 0 aromatic carbocycles. The fourth-order valence-electron chi connectivity index (χ4n) is 1.43. The number of nitrogens with zero attached hydrogens (tertiary/aromatic N) is 1. The van der Waals surface area contributed by atoms with E-state index in [4.69, 9.17) is 16.0 Å². The molecule has 3 heteroatoms. The number of rotatable bonds is 4. The van der Waals surface area contributed by atoms with Crippen LogP contribution in [-0.2, 0) is 9.47 Å². The Balaban J connectivity index is 2.20. The fourth-order valence-corrected chi connectivity index (χ4v) is 1.43. The van der Waals surface area contributed by atoms with Crippen LogP contribution in [0.15, 0.2) is 0 Å². The summed E-state index contributed by atoms with van der Waals surface area (Å²) in [6.45, 7) is 12.6. The quantitative estimate of drug-likeness (QED) is 0.623. The monoisotopic (exact) mass is 183 g/mol. The Morgan fingerprint density at radius 1 is 1.38 bits per heavy atom. The van der Waals surface area contributed by atoms with Crippen molar-refractivity contribution in [1.29, 1.82) is 0 Å². The molecule has 74 valence electrons. The van der Waals surface area contributed by atoms with Gasteiger partial charge in [-0.15, -0.1) is 0 Å². The van der Waals surface area contributed by atoms with Crippen molar-refractivity contribution in [3.8, 4) is 0 Å².